The highest BCUT2D eigenvalue weighted by Gasteiger charge is 2.17. The molecule has 0 aliphatic heterocycles. The Morgan fingerprint density at radius 3 is 2.25 bits per heavy atom. The lowest BCUT2D eigenvalue weighted by Crippen LogP contribution is -2.14. The molecule has 0 saturated carbocycles. The molecule has 0 radical (unpaired) electrons. The van der Waals surface area contributed by atoms with Crippen molar-refractivity contribution >= 4 is 5.97 Å². The Kier molecular flexibility index (Phi) is 3.93. The molecule has 1 atom stereocenters. The molecule has 0 spiro atoms. The fraction of sp³-hybridized carbons (Fsp3) is 0.364. The summed E-state index contributed by atoms with van der Waals surface area (Å²) in [6.07, 6.45) is 0.224. The summed E-state index contributed by atoms with van der Waals surface area (Å²) < 4.78 is 43.0. The first kappa shape index (κ1) is 12.5. The van der Waals surface area contributed by atoms with Crippen LogP contribution in [0.5, 0.6) is 0 Å². The molecule has 0 fully saturated rings. The third kappa shape index (κ3) is 2.74. The number of benzene rings is 1. The summed E-state index contributed by atoms with van der Waals surface area (Å²) in [5, 5.41) is 0. The van der Waals surface area contributed by atoms with Crippen LogP contribution in [-0.2, 0) is 4.74 Å². The van der Waals surface area contributed by atoms with Crippen LogP contribution in [0.25, 0.3) is 0 Å². The van der Waals surface area contributed by atoms with E-state index in [0.717, 1.165) is 0 Å². The van der Waals surface area contributed by atoms with Gasteiger partial charge >= 0.3 is 5.97 Å². The summed E-state index contributed by atoms with van der Waals surface area (Å²) in [6.45, 7) is 3.44. The molecule has 1 aromatic rings. The molecule has 88 valence electrons. The Morgan fingerprint density at radius 1 is 1.31 bits per heavy atom. The Balaban J connectivity index is 2.93. The Bertz CT molecular complexity index is 381. The second kappa shape index (κ2) is 5.01. The summed E-state index contributed by atoms with van der Waals surface area (Å²) in [5.41, 5.74) is -0.336. The number of rotatable bonds is 3. The molecule has 0 N–H and O–H groups in total. The first-order chi connectivity index (χ1) is 7.45. The van der Waals surface area contributed by atoms with Crippen molar-refractivity contribution in [1.29, 1.82) is 0 Å². The van der Waals surface area contributed by atoms with Gasteiger partial charge in [0.15, 0.2) is 17.5 Å². The van der Waals surface area contributed by atoms with Gasteiger partial charge in [0.05, 0.1) is 11.7 Å². The molecule has 1 rings (SSSR count). The maximum Gasteiger partial charge on any atom is 0.338 e. The molecule has 0 aromatic heterocycles. The number of hydrogen-bond acceptors (Lipinski definition) is 2. The topological polar surface area (TPSA) is 26.3 Å². The SMILES string of the molecule is CCC(C)OC(=O)c1cc(F)c(F)c(F)c1. The maximum atomic E-state index is 12.8. The molecule has 0 aliphatic rings. The molecule has 1 unspecified atom stereocenters. The quantitative estimate of drug-likeness (QED) is 0.591. The molecule has 0 saturated heterocycles. The second-order valence-corrected chi connectivity index (χ2v) is 3.38. The molecule has 2 nitrogen and oxygen atoms in total. The summed E-state index contributed by atoms with van der Waals surface area (Å²) in [6, 6.07) is 1.23. The summed E-state index contributed by atoms with van der Waals surface area (Å²) >= 11 is 0. The fourth-order valence-electron chi connectivity index (χ4n) is 1.01. The third-order valence-electron chi connectivity index (χ3n) is 2.10. The molecule has 0 aliphatic carbocycles. The van der Waals surface area contributed by atoms with Crippen molar-refractivity contribution in [2.75, 3.05) is 0 Å². The Labute approximate surface area is 91.0 Å². The molecule has 5 heteroatoms. The van der Waals surface area contributed by atoms with E-state index >= 15 is 0 Å². The standard InChI is InChI=1S/C11H11F3O2/c1-3-6(2)16-11(15)7-4-8(12)10(14)9(13)5-7/h4-6H,3H2,1-2H3. The van der Waals surface area contributed by atoms with Crippen LogP contribution in [0.3, 0.4) is 0 Å². The van der Waals surface area contributed by atoms with E-state index in [4.69, 9.17) is 4.74 Å². The zero-order chi connectivity index (χ0) is 12.3. The van der Waals surface area contributed by atoms with Crippen LogP contribution in [0, 0.1) is 17.5 Å². The fourth-order valence-corrected chi connectivity index (χ4v) is 1.01. The maximum absolute atomic E-state index is 12.8. The number of carbonyl (C=O) groups excluding carboxylic acids is 1. The Morgan fingerprint density at radius 2 is 1.81 bits per heavy atom. The summed E-state index contributed by atoms with van der Waals surface area (Å²) in [4.78, 5) is 11.4. The van der Waals surface area contributed by atoms with E-state index in [9.17, 15) is 18.0 Å². The minimum Gasteiger partial charge on any atom is -0.459 e. The van der Waals surface area contributed by atoms with Crippen LogP contribution in [-0.4, -0.2) is 12.1 Å². The van der Waals surface area contributed by atoms with E-state index in [1.165, 1.54) is 0 Å². The van der Waals surface area contributed by atoms with Crippen molar-refractivity contribution in [2.24, 2.45) is 0 Å². The van der Waals surface area contributed by atoms with E-state index in [-0.39, 0.29) is 11.7 Å². The van der Waals surface area contributed by atoms with Crippen LogP contribution in [0.4, 0.5) is 13.2 Å². The van der Waals surface area contributed by atoms with Gasteiger partial charge < -0.3 is 4.74 Å². The highest BCUT2D eigenvalue weighted by atomic mass is 19.2. The normalized spacial score (nSPS) is 12.3. The smallest absolute Gasteiger partial charge is 0.338 e. The molecule has 16 heavy (non-hydrogen) atoms. The van der Waals surface area contributed by atoms with Crippen LogP contribution in [0.15, 0.2) is 12.1 Å². The van der Waals surface area contributed by atoms with Gasteiger partial charge in [-0.1, -0.05) is 6.92 Å². The minimum absolute atomic E-state index is 0.336. The van der Waals surface area contributed by atoms with Crippen LogP contribution in [0.1, 0.15) is 30.6 Å². The Hall–Kier alpha value is -1.52. The lowest BCUT2D eigenvalue weighted by Gasteiger charge is -2.10. The number of ether oxygens (including phenoxy) is 1. The molecule has 1 aromatic carbocycles. The van der Waals surface area contributed by atoms with E-state index in [0.29, 0.717) is 18.6 Å². The van der Waals surface area contributed by atoms with Crippen LogP contribution < -0.4 is 0 Å². The second-order valence-electron chi connectivity index (χ2n) is 3.38. The van der Waals surface area contributed by atoms with Gasteiger partial charge in [-0.25, -0.2) is 18.0 Å². The largest absolute Gasteiger partial charge is 0.459 e. The lowest BCUT2D eigenvalue weighted by atomic mass is 10.2. The number of esters is 1. The highest BCUT2D eigenvalue weighted by Crippen LogP contribution is 2.15. The predicted octanol–water partition coefficient (Wildman–Crippen LogP) is 3.06. The van der Waals surface area contributed by atoms with Gasteiger partial charge in [0, 0.05) is 0 Å². The van der Waals surface area contributed by atoms with Crippen LogP contribution in [0.2, 0.25) is 0 Å². The highest BCUT2D eigenvalue weighted by molar-refractivity contribution is 5.89. The first-order valence-corrected chi connectivity index (χ1v) is 4.81. The van der Waals surface area contributed by atoms with Crippen molar-refractivity contribution in [3.63, 3.8) is 0 Å². The summed E-state index contributed by atoms with van der Waals surface area (Å²) in [5.74, 6) is -5.28. The number of carbonyl (C=O) groups is 1. The average Bonchev–Trinajstić information content (AvgIpc) is 2.24. The van der Waals surface area contributed by atoms with Gasteiger partial charge in [-0.15, -0.1) is 0 Å². The minimum atomic E-state index is -1.60. The van der Waals surface area contributed by atoms with Crippen molar-refractivity contribution in [2.45, 2.75) is 26.4 Å². The van der Waals surface area contributed by atoms with E-state index < -0.39 is 23.4 Å². The molecule has 0 heterocycles. The molecular weight excluding hydrogens is 221 g/mol. The van der Waals surface area contributed by atoms with E-state index in [2.05, 4.69) is 0 Å². The average molecular weight is 232 g/mol. The number of halogens is 3. The van der Waals surface area contributed by atoms with E-state index in [1.54, 1.807) is 13.8 Å². The molecule has 0 amide bonds. The predicted molar refractivity (Wildman–Crippen MR) is 51.5 cm³/mol. The van der Waals surface area contributed by atoms with Crippen molar-refractivity contribution < 1.29 is 22.7 Å². The molecular formula is C11H11F3O2. The van der Waals surface area contributed by atoms with Gasteiger partial charge in [-0.2, -0.15) is 0 Å². The van der Waals surface area contributed by atoms with Gasteiger partial charge in [-0.3, -0.25) is 0 Å². The van der Waals surface area contributed by atoms with E-state index in [1.807, 2.05) is 0 Å². The van der Waals surface area contributed by atoms with Gasteiger partial charge in [0.1, 0.15) is 0 Å². The van der Waals surface area contributed by atoms with Gasteiger partial charge in [0.25, 0.3) is 0 Å². The first-order valence-electron chi connectivity index (χ1n) is 4.81. The van der Waals surface area contributed by atoms with Gasteiger partial charge in [0.2, 0.25) is 0 Å². The zero-order valence-electron chi connectivity index (χ0n) is 8.89. The van der Waals surface area contributed by atoms with Crippen LogP contribution >= 0.6 is 0 Å². The third-order valence-corrected chi connectivity index (χ3v) is 2.10. The number of hydrogen-bond donors (Lipinski definition) is 0. The molecule has 0 bridgehead atoms. The lowest BCUT2D eigenvalue weighted by molar-refractivity contribution is 0.0333. The van der Waals surface area contributed by atoms with Crippen molar-refractivity contribution in [3.05, 3.63) is 35.1 Å². The van der Waals surface area contributed by atoms with Crippen molar-refractivity contribution in [3.8, 4) is 0 Å². The monoisotopic (exact) mass is 232 g/mol. The summed E-state index contributed by atoms with van der Waals surface area (Å²) in [7, 11) is 0. The van der Waals surface area contributed by atoms with Crippen molar-refractivity contribution in [1.82, 2.24) is 0 Å². The van der Waals surface area contributed by atoms with Gasteiger partial charge in [-0.05, 0) is 25.5 Å². The zero-order valence-corrected chi connectivity index (χ0v) is 8.89.